The van der Waals surface area contributed by atoms with E-state index in [0.717, 1.165) is 30.3 Å². The van der Waals surface area contributed by atoms with Gasteiger partial charge in [0.25, 0.3) is 5.56 Å². The molecule has 0 saturated heterocycles. The molecular weight excluding hydrogens is 543 g/mol. The quantitative estimate of drug-likeness (QED) is 0.107. The highest BCUT2D eigenvalue weighted by atomic mass is 127. The van der Waals surface area contributed by atoms with E-state index in [1.165, 1.54) is 16.7 Å². The van der Waals surface area contributed by atoms with Gasteiger partial charge in [-0.05, 0) is 46.8 Å². The van der Waals surface area contributed by atoms with Crippen molar-refractivity contribution in [2.45, 2.75) is 32.4 Å². The molecule has 0 radical (unpaired) electrons. The Bertz CT molecular complexity index is 1080. The fourth-order valence-electron chi connectivity index (χ4n) is 2.49. The van der Waals surface area contributed by atoms with Crippen LogP contribution in [0.5, 0.6) is 0 Å². The molecule has 3 rings (SSSR count). The van der Waals surface area contributed by atoms with Crippen molar-refractivity contribution in [3.63, 3.8) is 0 Å². The lowest BCUT2D eigenvalue weighted by Gasteiger charge is -2.16. The third-order valence-corrected chi connectivity index (χ3v) is 6.93. The molecule has 0 unspecified atom stereocenters. The van der Waals surface area contributed by atoms with Crippen molar-refractivity contribution in [1.29, 1.82) is 0 Å². The van der Waals surface area contributed by atoms with Crippen LogP contribution in [0.2, 0.25) is 25.7 Å². The summed E-state index contributed by atoms with van der Waals surface area (Å²) in [6.07, 6.45) is 0. The van der Waals surface area contributed by atoms with Crippen molar-refractivity contribution in [2.24, 2.45) is 0 Å². The first-order valence-corrected chi connectivity index (χ1v) is 14.1. The molecule has 0 bridgehead atoms. The molecule has 0 aliphatic carbocycles. The first kappa shape index (κ1) is 25.3. The number of anilines is 1. The Morgan fingerprint density at radius 2 is 1.55 bits per heavy atom. The van der Waals surface area contributed by atoms with Gasteiger partial charge in [-0.2, -0.15) is 0 Å². The highest BCUT2D eigenvalue weighted by Crippen LogP contribution is 2.18. The molecule has 0 amide bonds. The second kappa shape index (κ2) is 10.6. The molecule has 3 aromatic rings. The van der Waals surface area contributed by atoms with Crippen molar-refractivity contribution in [2.75, 3.05) is 12.3 Å². The first-order chi connectivity index (χ1) is 14.4. The largest absolute Gasteiger partial charge is 0.398 e. The van der Waals surface area contributed by atoms with Crippen LogP contribution in [-0.2, 0) is 11.5 Å². The zero-order valence-electron chi connectivity index (χ0n) is 17.3. The molecule has 2 N–H and O–H groups in total. The van der Waals surface area contributed by atoms with Gasteiger partial charge in [0, 0.05) is 47.5 Å². The van der Waals surface area contributed by atoms with Gasteiger partial charge in [-0.25, -0.2) is 17.6 Å². The third-order valence-electron chi connectivity index (χ3n) is 4.29. The second-order valence-corrected chi connectivity index (χ2v) is 14.8. The number of nitrogens with two attached hydrogens (primary N) is 1. The van der Waals surface area contributed by atoms with Crippen molar-refractivity contribution >= 4 is 47.3 Å². The summed E-state index contributed by atoms with van der Waals surface area (Å²) in [4.78, 5) is 11.9. The van der Waals surface area contributed by atoms with Crippen LogP contribution >= 0.6 is 22.6 Å². The van der Waals surface area contributed by atoms with E-state index in [4.69, 9.17) is 10.5 Å². The average Bonchev–Trinajstić information content (AvgIpc) is 2.66. The lowest BCUT2D eigenvalue weighted by molar-refractivity contribution is 0.0878. The number of nitrogen functional groups attached to an aromatic ring is 1. The van der Waals surface area contributed by atoms with E-state index < -0.39 is 31.3 Å². The first-order valence-electron chi connectivity index (χ1n) is 9.35. The monoisotopic (exact) mass is 566 g/mol. The van der Waals surface area contributed by atoms with Crippen LogP contribution in [0.1, 0.15) is 0 Å². The number of hydrogen-bond donors (Lipinski definition) is 1. The summed E-state index contributed by atoms with van der Waals surface area (Å²) in [5.41, 5.74) is 5.59. The summed E-state index contributed by atoms with van der Waals surface area (Å²) in [6, 6.07) is 7.95. The SMILES string of the molecule is C[Si](C)(C)CCOCn1c(=O)ccc2cc(F)c(F)cc21.Nc1cc(F)c(F)cc1I. The lowest BCUT2D eigenvalue weighted by Crippen LogP contribution is -2.24. The molecule has 2 aromatic carbocycles. The van der Waals surface area contributed by atoms with Crippen LogP contribution in [0.4, 0.5) is 23.2 Å². The van der Waals surface area contributed by atoms with Crippen LogP contribution in [-0.4, -0.2) is 19.2 Å². The Morgan fingerprint density at radius 1 is 0.968 bits per heavy atom. The van der Waals surface area contributed by atoms with Gasteiger partial charge >= 0.3 is 0 Å². The molecule has 4 nitrogen and oxygen atoms in total. The fourth-order valence-corrected chi connectivity index (χ4v) is 3.68. The van der Waals surface area contributed by atoms with E-state index in [1.54, 1.807) is 0 Å². The van der Waals surface area contributed by atoms with Gasteiger partial charge in [0.1, 0.15) is 6.73 Å². The molecule has 0 aliphatic rings. The van der Waals surface area contributed by atoms with Crippen LogP contribution in [0.3, 0.4) is 0 Å². The minimum Gasteiger partial charge on any atom is -0.398 e. The topological polar surface area (TPSA) is 57.2 Å². The van der Waals surface area contributed by atoms with Crippen LogP contribution < -0.4 is 11.3 Å². The van der Waals surface area contributed by atoms with Crippen LogP contribution in [0, 0.1) is 26.8 Å². The molecule has 10 heteroatoms. The van der Waals surface area contributed by atoms with E-state index >= 15 is 0 Å². The number of fused-ring (bicyclic) bond motifs is 1. The molecule has 0 saturated carbocycles. The van der Waals surface area contributed by atoms with E-state index in [1.807, 2.05) is 22.6 Å². The van der Waals surface area contributed by atoms with Crippen molar-refractivity contribution in [3.8, 4) is 0 Å². The molecule has 1 heterocycles. The van der Waals surface area contributed by atoms with Gasteiger partial charge < -0.3 is 10.5 Å². The standard InChI is InChI=1S/C15H19F2NO2Si.C6H4F2IN/c1-21(2,3)7-6-20-10-18-14-9-13(17)12(16)8-11(14)4-5-15(18)19;7-3-1-5(9)6(10)2-4(3)8/h4-5,8-9H,6-7,10H2,1-3H3;1-2H,10H2. The second-order valence-electron chi connectivity index (χ2n) is 8.06. The molecular formula is C21H23F4IN2O2Si. The molecule has 0 spiro atoms. The highest BCUT2D eigenvalue weighted by molar-refractivity contribution is 14.1. The van der Waals surface area contributed by atoms with E-state index in [-0.39, 0.29) is 18.0 Å². The maximum absolute atomic E-state index is 13.4. The normalized spacial score (nSPS) is 11.4. The Labute approximate surface area is 192 Å². The van der Waals surface area contributed by atoms with Crippen molar-refractivity contribution in [1.82, 2.24) is 4.57 Å². The molecule has 0 atom stereocenters. The van der Waals surface area contributed by atoms with Gasteiger partial charge in [-0.3, -0.25) is 9.36 Å². The van der Waals surface area contributed by atoms with E-state index in [0.29, 0.717) is 21.1 Å². The number of benzene rings is 2. The third kappa shape index (κ3) is 7.32. The Hall–Kier alpha value is -1.92. The smallest absolute Gasteiger partial charge is 0.252 e. The van der Waals surface area contributed by atoms with Gasteiger partial charge in [0.2, 0.25) is 0 Å². The molecule has 168 valence electrons. The fraction of sp³-hybridized carbons (Fsp3) is 0.286. The number of aromatic nitrogens is 1. The predicted octanol–water partition coefficient (Wildman–Crippen LogP) is 5.74. The average molecular weight is 566 g/mol. The summed E-state index contributed by atoms with van der Waals surface area (Å²) in [5.74, 6) is -3.66. The summed E-state index contributed by atoms with van der Waals surface area (Å²) < 4.78 is 58.6. The summed E-state index contributed by atoms with van der Waals surface area (Å²) >= 11 is 1.83. The van der Waals surface area contributed by atoms with Crippen LogP contribution in [0.25, 0.3) is 10.9 Å². The Morgan fingerprint density at radius 3 is 2.16 bits per heavy atom. The predicted molar refractivity (Wildman–Crippen MR) is 126 cm³/mol. The molecule has 31 heavy (non-hydrogen) atoms. The Kier molecular flexibility index (Phi) is 8.66. The number of hydrogen-bond acceptors (Lipinski definition) is 3. The minimum atomic E-state index is -1.20. The zero-order chi connectivity index (χ0) is 23.3. The highest BCUT2D eigenvalue weighted by Gasteiger charge is 2.13. The van der Waals surface area contributed by atoms with Gasteiger partial charge in [-0.15, -0.1) is 0 Å². The van der Waals surface area contributed by atoms with E-state index in [2.05, 4.69) is 19.6 Å². The zero-order valence-corrected chi connectivity index (χ0v) is 20.5. The summed E-state index contributed by atoms with van der Waals surface area (Å²) in [5, 5.41) is 0.474. The Balaban J connectivity index is 0.000000285. The number of pyridine rings is 1. The van der Waals surface area contributed by atoms with Gasteiger partial charge in [-0.1, -0.05) is 19.6 Å². The molecule has 0 aliphatic heterocycles. The summed E-state index contributed by atoms with van der Waals surface area (Å²) in [6.45, 7) is 7.31. The molecule has 0 fully saturated rings. The van der Waals surface area contributed by atoms with E-state index in [9.17, 15) is 22.4 Å². The van der Waals surface area contributed by atoms with Gasteiger partial charge in [0.15, 0.2) is 23.3 Å². The van der Waals surface area contributed by atoms with Gasteiger partial charge in [0.05, 0.1) is 5.52 Å². The van der Waals surface area contributed by atoms with Crippen LogP contribution in [0.15, 0.2) is 41.2 Å². The number of halogens is 5. The molecule has 1 aromatic heterocycles. The maximum Gasteiger partial charge on any atom is 0.252 e. The van der Waals surface area contributed by atoms with Crippen molar-refractivity contribution < 1.29 is 22.3 Å². The number of rotatable bonds is 5. The maximum atomic E-state index is 13.4. The number of nitrogens with zero attached hydrogens (tertiary/aromatic N) is 1. The number of ether oxygens (including phenoxy) is 1. The summed E-state index contributed by atoms with van der Waals surface area (Å²) in [7, 11) is -1.20. The lowest BCUT2D eigenvalue weighted by atomic mass is 10.2. The van der Waals surface area contributed by atoms with Crippen molar-refractivity contribution in [3.05, 3.63) is 73.6 Å². The minimum absolute atomic E-state index is 0.0473.